The molecule has 0 aromatic carbocycles. The Morgan fingerprint density at radius 2 is 2.24 bits per heavy atom. The van der Waals surface area contributed by atoms with E-state index in [1.807, 2.05) is 19.9 Å². The van der Waals surface area contributed by atoms with Crippen LogP contribution in [-0.4, -0.2) is 50.3 Å². The van der Waals surface area contributed by atoms with Gasteiger partial charge in [-0.2, -0.15) is 16.9 Å². The van der Waals surface area contributed by atoms with E-state index in [0.717, 1.165) is 35.0 Å². The Morgan fingerprint density at radius 1 is 1.43 bits per heavy atom. The molecule has 0 saturated heterocycles. The number of rotatable bonds is 7. The van der Waals surface area contributed by atoms with Crippen molar-refractivity contribution in [3.05, 3.63) is 29.2 Å². The number of aryl methyl sites for hydroxylation is 2. The number of aliphatic hydroxyl groups excluding tert-OH is 1. The first-order chi connectivity index (χ1) is 10.1. The first kappa shape index (κ1) is 15.8. The molecule has 0 aliphatic heterocycles. The summed E-state index contributed by atoms with van der Waals surface area (Å²) in [5, 5.41) is 15.9. The number of amides is 1. The van der Waals surface area contributed by atoms with Crippen molar-refractivity contribution in [3.8, 4) is 0 Å². The molecule has 1 amide bonds. The van der Waals surface area contributed by atoms with E-state index in [-0.39, 0.29) is 12.5 Å². The van der Waals surface area contributed by atoms with Crippen LogP contribution in [0.1, 0.15) is 28.2 Å². The van der Waals surface area contributed by atoms with E-state index in [1.165, 1.54) is 0 Å². The lowest BCUT2D eigenvalue weighted by atomic mass is 10.2. The summed E-state index contributed by atoms with van der Waals surface area (Å²) in [5.74, 6) is 1.62. The minimum absolute atomic E-state index is 0.127. The second-order valence-corrected chi connectivity index (χ2v) is 5.98. The third-order valence-electron chi connectivity index (χ3n) is 3.07. The van der Waals surface area contributed by atoms with E-state index in [1.54, 1.807) is 22.5 Å². The lowest BCUT2D eigenvalue weighted by Crippen LogP contribution is -2.27. The van der Waals surface area contributed by atoms with Crippen LogP contribution in [-0.2, 0) is 0 Å². The maximum Gasteiger partial charge on any atom is 0.254 e. The smallest absolute Gasteiger partial charge is 0.254 e. The zero-order valence-electron chi connectivity index (χ0n) is 12.3. The van der Waals surface area contributed by atoms with Crippen LogP contribution < -0.4 is 5.32 Å². The molecule has 6 nitrogen and oxygen atoms in total. The number of nitrogens with one attached hydrogen (secondary N) is 1. The van der Waals surface area contributed by atoms with E-state index in [4.69, 9.17) is 5.11 Å². The molecular formula is C14H20N4O2S. The Kier molecular flexibility index (Phi) is 5.58. The van der Waals surface area contributed by atoms with Gasteiger partial charge < -0.3 is 10.4 Å². The minimum atomic E-state index is -0.127. The van der Waals surface area contributed by atoms with Gasteiger partial charge in [0.15, 0.2) is 5.65 Å². The number of hydrogen-bond donors (Lipinski definition) is 2. The number of carbonyl (C=O) groups excluding carboxylic acids is 1. The Hall–Kier alpha value is -1.60. The lowest BCUT2D eigenvalue weighted by Gasteiger charge is -2.08. The number of hydrogen-bond acceptors (Lipinski definition) is 5. The van der Waals surface area contributed by atoms with E-state index in [2.05, 4.69) is 15.4 Å². The highest BCUT2D eigenvalue weighted by Gasteiger charge is 2.13. The van der Waals surface area contributed by atoms with E-state index >= 15 is 0 Å². The topological polar surface area (TPSA) is 79.5 Å². The fourth-order valence-corrected chi connectivity index (χ4v) is 2.77. The molecule has 0 atom stereocenters. The normalized spacial score (nSPS) is 11.0. The Morgan fingerprint density at radius 3 is 3.00 bits per heavy atom. The fraction of sp³-hybridized carbons (Fsp3) is 0.500. The molecule has 2 N–H and O–H groups in total. The number of carbonyl (C=O) groups is 1. The first-order valence-corrected chi connectivity index (χ1v) is 8.07. The van der Waals surface area contributed by atoms with Gasteiger partial charge in [-0.25, -0.2) is 9.50 Å². The molecule has 0 saturated carbocycles. The van der Waals surface area contributed by atoms with Gasteiger partial charge >= 0.3 is 0 Å². The fourth-order valence-electron chi connectivity index (χ4n) is 1.99. The molecule has 114 valence electrons. The Bertz CT molecular complexity index is 627. The molecule has 0 radical (unpaired) electrons. The van der Waals surface area contributed by atoms with Gasteiger partial charge in [0.05, 0.1) is 17.0 Å². The third kappa shape index (κ3) is 3.95. The molecular weight excluding hydrogens is 288 g/mol. The average Bonchev–Trinajstić information content (AvgIpc) is 2.84. The largest absolute Gasteiger partial charge is 0.396 e. The van der Waals surface area contributed by atoms with Crippen molar-refractivity contribution < 1.29 is 9.90 Å². The zero-order chi connectivity index (χ0) is 15.2. The van der Waals surface area contributed by atoms with Crippen LogP contribution in [0.3, 0.4) is 0 Å². The first-order valence-electron chi connectivity index (χ1n) is 6.92. The van der Waals surface area contributed by atoms with Crippen molar-refractivity contribution in [1.29, 1.82) is 0 Å². The van der Waals surface area contributed by atoms with Gasteiger partial charge in [-0.1, -0.05) is 0 Å². The van der Waals surface area contributed by atoms with Gasteiger partial charge in [0.2, 0.25) is 0 Å². The van der Waals surface area contributed by atoms with Gasteiger partial charge in [-0.15, -0.1) is 0 Å². The van der Waals surface area contributed by atoms with Crippen molar-refractivity contribution in [3.63, 3.8) is 0 Å². The molecule has 2 heterocycles. The highest BCUT2D eigenvalue weighted by Crippen LogP contribution is 2.11. The van der Waals surface area contributed by atoms with Crippen LogP contribution in [0.15, 0.2) is 12.3 Å². The highest BCUT2D eigenvalue weighted by molar-refractivity contribution is 7.99. The maximum absolute atomic E-state index is 12.2. The SMILES string of the molecule is Cc1cc2ncc(C(=O)NCCSCCCO)c(C)n2n1. The van der Waals surface area contributed by atoms with Crippen LogP contribution in [0.4, 0.5) is 0 Å². The number of fused-ring (bicyclic) bond motifs is 1. The van der Waals surface area contributed by atoms with Gasteiger partial charge in [0.25, 0.3) is 5.91 Å². The van der Waals surface area contributed by atoms with Gasteiger partial charge in [0.1, 0.15) is 0 Å². The summed E-state index contributed by atoms with van der Waals surface area (Å²) in [5.41, 5.74) is 2.97. The van der Waals surface area contributed by atoms with Crippen molar-refractivity contribution in [2.75, 3.05) is 24.7 Å². The molecule has 2 aromatic heterocycles. The van der Waals surface area contributed by atoms with Crippen molar-refractivity contribution >= 4 is 23.3 Å². The molecule has 0 bridgehead atoms. The molecule has 0 aliphatic carbocycles. The second-order valence-electron chi connectivity index (χ2n) is 4.76. The zero-order valence-corrected chi connectivity index (χ0v) is 13.1. The van der Waals surface area contributed by atoms with Gasteiger partial charge in [-0.05, 0) is 26.0 Å². The van der Waals surface area contributed by atoms with Crippen molar-refractivity contribution in [2.24, 2.45) is 0 Å². The third-order valence-corrected chi connectivity index (χ3v) is 4.14. The second kappa shape index (κ2) is 7.42. The standard InChI is InChI=1S/C14H20N4O2S/c1-10-8-13-16-9-12(11(2)18(13)17-10)14(20)15-4-7-21-6-3-5-19/h8-9,19H,3-7H2,1-2H3,(H,15,20). The lowest BCUT2D eigenvalue weighted by molar-refractivity contribution is 0.0954. The summed E-state index contributed by atoms with van der Waals surface area (Å²) < 4.78 is 1.69. The number of aromatic nitrogens is 3. The number of aliphatic hydroxyl groups is 1. The summed E-state index contributed by atoms with van der Waals surface area (Å²) in [6.07, 6.45) is 2.39. The molecule has 7 heteroatoms. The van der Waals surface area contributed by atoms with E-state index in [9.17, 15) is 4.79 Å². The highest BCUT2D eigenvalue weighted by atomic mass is 32.2. The predicted molar refractivity (Wildman–Crippen MR) is 83.8 cm³/mol. The molecule has 2 rings (SSSR count). The Balaban J connectivity index is 1.95. The predicted octanol–water partition coefficient (Wildman–Crippen LogP) is 1.19. The molecule has 21 heavy (non-hydrogen) atoms. The monoisotopic (exact) mass is 308 g/mol. The summed E-state index contributed by atoms with van der Waals surface area (Å²) in [7, 11) is 0. The molecule has 2 aromatic rings. The molecule has 0 fully saturated rings. The average molecular weight is 308 g/mol. The van der Waals surface area contributed by atoms with Gasteiger partial charge in [0, 0.05) is 31.2 Å². The van der Waals surface area contributed by atoms with Crippen molar-refractivity contribution in [2.45, 2.75) is 20.3 Å². The summed E-state index contributed by atoms with van der Waals surface area (Å²) in [4.78, 5) is 16.4. The van der Waals surface area contributed by atoms with Crippen LogP contribution in [0.5, 0.6) is 0 Å². The van der Waals surface area contributed by atoms with Crippen LogP contribution in [0, 0.1) is 13.8 Å². The summed E-state index contributed by atoms with van der Waals surface area (Å²) >= 11 is 1.72. The van der Waals surface area contributed by atoms with Crippen LogP contribution in [0.2, 0.25) is 0 Å². The maximum atomic E-state index is 12.2. The van der Waals surface area contributed by atoms with Crippen molar-refractivity contribution in [1.82, 2.24) is 19.9 Å². The van der Waals surface area contributed by atoms with E-state index in [0.29, 0.717) is 12.1 Å². The molecule has 0 aliphatic rings. The number of nitrogens with zero attached hydrogens (tertiary/aromatic N) is 3. The number of thioether (sulfide) groups is 1. The van der Waals surface area contributed by atoms with Crippen LogP contribution in [0.25, 0.3) is 5.65 Å². The van der Waals surface area contributed by atoms with Crippen LogP contribution >= 0.6 is 11.8 Å². The quantitative estimate of drug-likeness (QED) is 0.751. The Labute approximate surface area is 128 Å². The summed E-state index contributed by atoms with van der Waals surface area (Å²) in [6, 6.07) is 1.88. The minimum Gasteiger partial charge on any atom is -0.396 e. The van der Waals surface area contributed by atoms with Gasteiger partial charge in [-0.3, -0.25) is 4.79 Å². The molecule has 0 spiro atoms. The van der Waals surface area contributed by atoms with E-state index < -0.39 is 0 Å². The molecule has 0 unspecified atom stereocenters. The summed E-state index contributed by atoms with van der Waals surface area (Å²) in [6.45, 7) is 4.58.